The Kier molecular flexibility index (Phi) is 4.34. The second kappa shape index (κ2) is 6.88. The fraction of sp³-hybridized carbons (Fsp3) is 0.158. The van der Waals surface area contributed by atoms with Crippen molar-refractivity contribution in [2.75, 3.05) is 13.1 Å². The Morgan fingerprint density at radius 2 is 2.00 bits per heavy atom. The van der Waals surface area contributed by atoms with Gasteiger partial charge >= 0.3 is 5.51 Å². The Balaban J connectivity index is 1.59. The van der Waals surface area contributed by atoms with Crippen LogP contribution in [-0.4, -0.2) is 59.6 Å². The number of halogens is 3. The molecule has 3 heterocycles. The molecule has 1 amide bonds. The lowest BCUT2D eigenvalue weighted by Gasteiger charge is -2.28. The molecule has 13 heteroatoms. The molecular formula is C19H13F3N6O3S. The van der Waals surface area contributed by atoms with Crippen LogP contribution in [0.2, 0.25) is 0 Å². The first-order valence-corrected chi connectivity index (χ1v) is 10.7. The fourth-order valence-corrected chi connectivity index (χ4v) is 4.47. The second-order valence-corrected chi connectivity index (χ2v) is 8.89. The number of aromatic amines is 1. The minimum Gasteiger partial charge on any atom is -0.345 e. The van der Waals surface area contributed by atoms with Gasteiger partial charge in [-0.2, -0.15) is 13.2 Å². The van der Waals surface area contributed by atoms with E-state index in [2.05, 4.69) is 25.3 Å². The predicted molar refractivity (Wildman–Crippen MR) is 108 cm³/mol. The zero-order chi connectivity index (χ0) is 22.7. The van der Waals surface area contributed by atoms with Crippen molar-refractivity contribution >= 4 is 44.3 Å². The van der Waals surface area contributed by atoms with Crippen molar-refractivity contribution < 1.29 is 26.4 Å². The molecule has 3 aromatic rings. The summed E-state index contributed by atoms with van der Waals surface area (Å²) in [7, 11) is -5.67. The highest BCUT2D eigenvalue weighted by Gasteiger charge is 2.49. The molecule has 9 nitrogen and oxygen atoms in total. The summed E-state index contributed by atoms with van der Waals surface area (Å²) < 4.78 is 63.9. The van der Waals surface area contributed by atoms with E-state index < -0.39 is 31.8 Å². The van der Waals surface area contributed by atoms with Gasteiger partial charge in [-0.3, -0.25) is 20.0 Å². The molecule has 2 N–H and O–H groups in total. The van der Waals surface area contributed by atoms with Crippen molar-refractivity contribution in [2.24, 2.45) is 9.98 Å². The highest BCUT2D eigenvalue weighted by Crippen LogP contribution is 2.40. The van der Waals surface area contributed by atoms with Gasteiger partial charge in [0.2, 0.25) is 5.96 Å². The van der Waals surface area contributed by atoms with Gasteiger partial charge in [0.05, 0.1) is 29.6 Å². The van der Waals surface area contributed by atoms with E-state index in [9.17, 15) is 26.4 Å². The Morgan fingerprint density at radius 3 is 2.78 bits per heavy atom. The number of sulfone groups is 1. The summed E-state index contributed by atoms with van der Waals surface area (Å²) in [5, 5.41) is 2.56. The average Bonchev–Trinajstić information content (AvgIpc) is 3.41. The number of hydrogen-bond acceptors (Lipinski definition) is 7. The number of benzene rings is 2. The van der Waals surface area contributed by atoms with Crippen molar-refractivity contribution in [2.45, 2.75) is 10.4 Å². The number of hydrogen-bond donors (Lipinski definition) is 2. The molecule has 0 saturated carbocycles. The molecule has 164 valence electrons. The van der Waals surface area contributed by atoms with Crippen molar-refractivity contribution in [3.05, 3.63) is 53.9 Å². The number of fused-ring (bicyclic) bond motifs is 4. The van der Waals surface area contributed by atoms with Crippen LogP contribution in [0.15, 0.2) is 57.6 Å². The first-order valence-electron chi connectivity index (χ1n) is 9.27. The van der Waals surface area contributed by atoms with Crippen molar-refractivity contribution in [1.29, 1.82) is 0 Å². The third-order valence-corrected chi connectivity index (χ3v) is 6.58. The Labute approximate surface area is 178 Å². The van der Waals surface area contributed by atoms with Crippen LogP contribution in [0.5, 0.6) is 0 Å². The van der Waals surface area contributed by atoms with Crippen LogP contribution in [0.1, 0.15) is 15.9 Å². The highest BCUT2D eigenvalue weighted by molar-refractivity contribution is 7.92. The van der Waals surface area contributed by atoms with Gasteiger partial charge in [0.15, 0.2) is 0 Å². The number of rotatable bonds is 2. The standard InChI is InChI=1S/C19H13F3N6O3S/c20-19(21,22)32(30,31)14-3-1-2-11-15(14)26-18(28-7-6-23-16(11)28)27-17(29)10-4-5-12-13(8-10)25-9-24-12/h1-5,8-9H,6-7H2,(H,24,25)(H,26,27,29). The summed E-state index contributed by atoms with van der Waals surface area (Å²) in [6.45, 7) is 0.627. The molecule has 0 spiro atoms. The number of aliphatic imine (C=N–C) groups is 2. The molecule has 32 heavy (non-hydrogen) atoms. The number of imidazole rings is 1. The van der Waals surface area contributed by atoms with Crippen LogP contribution in [0.4, 0.5) is 18.9 Å². The minimum absolute atomic E-state index is 0.106. The van der Waals surface area contributed by atoms with E-state index in [4.69, 9.17) is 0 Å². The van der Waals surface area contributed by atoms with Gasteiger partial charge in [-0.05, 0) is 30.3 Å². The number of H-pyrrole nitrogens is 1. The van der Waals surface area contributed by atoms with Crippen molar-refractivity contribution in [1.82, 2.24) is 20.2 Å². The summed E-state index contributed by atoms with van der Waals surface area (Å²) in [6.07, 6.45) is 1.48. The summed E-state index contributed by atoms with van der Waals surface area (Å²) in [5.41, 5.74) is -4.26. The van der Waals surface area contributed by atoms with Gasteiger partial charge in [-0.1, -0.05) is 6.07 Å². The number of aromatic nitrogens is 2. The summed E-state index contributed by atoms with van der Waals surface area (Å²) in [4.78, 5) is 28.7. The number of alkyl halides is 3. The van der Waals surface area contributed by atoms with Gasteiger partial charge in [0.25, 0.3) is 15.7 Å². The molecule has 1 aromatic heterocycles. The quantitative estimate of drug-likeness (QED) is 0.606. The topological polar surface area (TPSA) is 120 Å². The highest BCUT2D eigenvalue weighted by atomic mass is 32.2. The molecule has 2 aromatic carbocycles. The summed E-state index contributed by atoms with van der Waals surface area (Å²) in [5.74, 6) is -0.447. The number of nitrogens with one attached hydrogen (secondary N) is 2. The van der Waals surface area contributed by atoms with E-state index in [-0.39, 0.29) is 22.9 Å². The lowest BCUT2D eigenvalue weighted by Crippen LogP contribution is -2.47. The fourth-order valence-electron chi connectivity index (χ4n) is 3.55. The molecular weight excluding hydrogens is 449 g/mol. The smallest absolute Gasteiger partial charge is 0.345 e. The summed E-state index contributed by atoms with van der Waals surface area (Å²) >= 11 is 0. The lowest BCUT2D eigenvalue weighted by atomic mass is 10.1. The van der Waals surface area contributed by atoms with E-state index in [1.807, 2.05) is 0 Å². The molecule has 0 atom stereocenters. The molecule has 2 aliphatic rings. The van der Waals surface area contributed by atoms with Crippen LogP contribution in [-0.2, 0) is 9.84 Å². The van der Waals surface area contributed by atoms with E-state index in [0.717, 1.165) is 11.6 Å². The molecule has 5 rings (SSSR count). The molecule has 0 saturated heterocycles. The SMILES string of the molecule is O=C(NC1=Nc2c(cccc2S(=O)(=O)C(F)(F)F)C2=NCCN12)c1ccc2[nH]cnc2c1. The first kappa shape index (κ1) is 20.2. The number of carbonyl (C=O) groups is 1. The number of carbonyl (C=O) groups excluding carboxylic acids is 1. The van der Waals surface area contributed by atoms with E-state index >= 15 is 0 Å². The Morgan fingerprint density at radius 1 is 1.19 bits per heavy atom. The zero-order valence-corrected chi connectivity index (χ0v) is 16.8. The average molecular weight is 462 g/mol. The van der Waals surface area contributed by atoms with Gasteiger partial charge < -0.3 is 4.98 Å². The van der Waals surface area contributed by atoms with E-state index in [1.54, 1.807) is 12.1 Å². The van der Waals surface area contributed by atoms with E-state index in [0.29, 0.717) is 18.6 Å². The van der Waals surface area contributed by atoms with Crippen LogP contribution in [0, 0.1) is 0 Å². The van der Waals surface area contributed by atoms with Gasteiger partial charge in [-0.25, -0.2) is 18.4 Å². The second-order valence-electron chi connectivity index (χ2n) is 6.98. The molecule has 0 bridgehead atoms. The predicted octanol–water partition coefficient (Wildman–Crippen LogP) is 2.35. The number of amidine groups is 1. The monoisotopic (exact) mass is 462 g/mol. The number of nitrogens with zero attached hydrogens (tertiary/aromatic N) is 4. The molecule has 0 aliphatic carbocycles. The zero-order valence-electron chi connectivity index (χ0n) is 16.0. The van der Waals surface area contributed by atoms with Crippen molar-refractivity contribution in [3.63, 3.8) is 0 Å². The molecule has 0 unspecified atom stereocenters. The Hall–Kier alpha value is -3.74. The van der Waals surface area contributed by atoms with E-state index in [1.165, 1.54) is 29.4 Å². The first-order chi connectivity index (χ1) is 15.2. The third kappa shape index (κ3) is 3.04. The largest absolute Gasteiger partial charge is 0.501 e. The van der Waals surface area contributed by atoms with Crippen LogP contribution < -0.4 is 5.32 Å². The Bertz CT molecular complexity index is 1440. The van der Waals surface area contributed by atoms with Gasteiger partial charge in [0.1, 0.15) is 10.7 Å². The van der Waals surface area contributed by atoms with Crippen LogP contribution >= 0.6 is 0 Å². The molecule has 0 radical (unpaired) electrons. The van der Waals surface area contributed by atoms with Crippen molar-refractivity contribution in [3.8, 4) is 0 Å². The third-order valence-electron chi connectivity index (χ3n) is 5.06. The lowest BCUT2D eigenvalue weighted by molar-refractivity contribution is -0.0435. The maximum atomic E-state index is 13.2. The minimum atomic E-state index is -5.67. The number of amides is 1. The van der Waals surface area contributed by atoms with Gasteiger partial charge in [0, 0.05) is 17.7 Å². The maximum Gasteiger partial charge on any atom is 0.501 e. The van der Waals surface area contributed by atoms with Crippen LogP contribution in [0.25, 0.3) is 11.0 Å². The normalized spacial score (nSPS) is 15.8. The molecule has 0 fully saturated rings. The number of guanidine groups is 1. The number of para-hydroxylation sites is 1. The summed E-state index contributed by atoms with van der Waals surface area (Å²) in [6, 6.07) is 8.22. The van der Waals surface area contributed by atoms with Gasteiger partial charge in [-0.15, -0.1) is 0 Å². The van der Waals surface area contributed by atoms with Crippen LogP contribution in [0.3, 0.4) is 0 Å². The molecule has 2 aliphatic heterocycles. The maximum absolute atomic E-state index is 13.2.